The van der Waals surface area contributed by atoms with Gasteiger partial charge in [0.1, 0.15) is 6.10 Å². The van der Waals surface area contributed by atoms with Crippen molar-refractivity contribution in [1.82, 2.24) is 5.32 Å². The van der Waals surface area contributed by atoms with Gasteiger partial charge in [-0.3, -0.25) is 4.79 Å². The monoisotopic (exact) mass is 290 g/mol. The summed E-state index contributed by atoms with van der Waals surface area (Å²) in [7, 11) is 1.39. The van der Waals surface area contributed by atoms with Crippen LogP contribution in [0.25, 0.3) is 0 Å². The molecule has 0 saturated carbocycles. The van der Waals surface area contributed by atoms with Crippen molar-refractivity contribution in [1.29, 1.82) is 0 Å². The van der Waals surface area contributed by atoms with Gasteiger partial charge in [-0.15, -0.1) is 12.4 Å². The zero-order chi connectivity index (χ0) is 13.0. The van der Waals surface area contributed by atoms with Crippen molar-refractivity contribution in [2.24, 2.45) is 0 Å². The number of benzene rings is 1. The lowest BCUT2D eigenvalue weighted by Crippen LogP contribution is -2.45. The van der Waals surface area contributed by atoms with E-state index < -0.39 is 11.9 Å². The molecule has 1 aromatic carbocycles. The highest BCUT2D eigenvalue weighted by molar-refractivity contribution is 5.94. The SMILES string of the molecule is COc1ccc(NC(=O)C2CNCCO2)cc1F.Cl. The molecule has 0 aromatic heterocycles. The van der Waals surface area contributed by atoms with Gasteiger partial charge in [0.05, 0.1) is 13.7 Å². The van der Waals surface area contributed by atoms with Crippen molar-refractivity contribution >= 4 is 24.0 Å². The highest BCUT2D eigenvalue weighted by Gasteiger charge is 2.21. The maximum atomic E-state index is 13.4. The van der Waals surface area contributed by atoms with E-state index in [-0.39, 0.29) is 24.1 Å². The van der Waals surface area contributed by atoms with Crippen molar-refractivity contribution in [3.8, 4) is 5.75 Å². The fraction of sp³-hybridized carbons (Fsp3) is 0.417. The first-order chi connectivity index (χ1) is 8.70. The molecule has 0 spiro atoms. The Labute approximate surface area is 116 Å². The number of carbonyl (C=O) groups excluding carboxylic acids is 1. The van der Waals surface area contributed by atoms with Crippen molar-refractivity contribution in [2.75, 3.05) is 32.1 Å². The fourth-order valence-corrected chi connectivity index (χ4v) is 1.70. The minimum Gasteiger partial charge on any atom is -0.494 e. The molecule has 1 aliphatic rings. The number of nitrogens with one attached hydrogen (secondary N) is 2. The predicted molar refractivity (Wildman–Crippen MR) is 71.4 cm³/mol. The van der Waals surface area contributed by atoms with Crippen LogP contribution in [0.2, 0.25) is 0 Å². The average Bonchev–Trinajstić information content (AvgIpc) is 2.40. The lowest BCUT2D eigenvalue weighted by molar-refractivity contribution is -0.128. The summed E-state index contributed by atoms with van der Waals surface area (Å²) < 4.78 is 23.5. The highest BCUT2D eigenvalue weighted by Crippen LogP contribution is 2.20. The van der Waals surface area contributed by atoms with Crippen LogP contribution in [-0.4, -0.2) is 38.8 Å². The molecule has 0 radical (unpaired) electrons. The van der Waals surface area contributed by atoms with Crippen LogP contribution in [-0.2, 0) is 9.53 Å². The molecule has 0 bridgehead atoms. The van der Waals surface area contributed by atoms with Crippen LogP contribution in [0, 0.1) is 5.82 Å². The lowest BCUT2D eigenvalue weighted by atomic mass is 10.2. The third-order valence-electron chi connectivity index (χ3n) is 2.64. The van der Waals surface area contributed by atoms with E-state index in [1.165, 1.54) is 19.2 Å². The van der Waals surface area contributed by atoms with Gasteiger partial charge in [0, 0.05) is 24.8 Å². The molecular formula is C12H16ClFN2O3. The largest absolute Gasteiger partial charge is 0.494 e. The summed E-state index contributed by atoms with van der Waals surface area (Å²) >= 11 is 0. The molecule has 19 heavy (non-hydrogen) atoms. The number of anilines is 1. The average molecular weight is 291 g/mol. The van der Waals surface area contributed by atoms with E-state index in [4.69, 9.17) is 9.47 Å². The van der Waals surface area contributed by atoms with Gasteiger partial charge in [0.15, 0.2) is 11.6 Å². The first-order valence-corrected chi connectivity index (χ1v) is 5.67. The summed E-state index contributed by atoms with van der Waals surface area (Å²) in [5, 5.41) is 5.66. The number of methoxy groups -OCH3 is 1. The molecule has 1 atom stereocenters. The van der Waals surface area contributed by atoms with E-state index in [1.54, 1.807) is 6.07 Å². The second kappa shape index (κ2) is 7.28. The number of hydrogen-bond acceptors (Lipinski definition) is 4. The van der Waals surface area contributed by atoms with Crippen LogP contribution < -0.4 is 15.4 Å². The van der Waals surface area contributed by atoms with Crippen LogP contribution >= 0.6 is 12.4 Å². The van der Waals surface area contributed by atoms with Crippen LogP contribution in [0.5, 0.6) is 5.75 Å². The van der Waals surface area contributed by atoms with Gasteiger partial charge in [-0.2, -0.15) is 0 Å². The summed E-state index contributed by atoms with van der Waals surface area (Å²) in [5.74, 6) is -0.659. The van der Waals surface area contributed by atoms with Gasteiger partial charge in [-0.05, 0) is 12.1 Å². The Kier molecular flexibility index (Phi) is 6.01. The summed E-state index contributed by atoms with van der Waals surface area (Å²) in [6.45, 7) is 1.69. The molecule has 1 unspecified atom stereocenters. The Morgan fingerprint density at radius 1 is 1.58 bits per heavy atom. The molecule has 0 aliphatic carbocycles. The number of rotatable bonds is 3. The van der Waals surface area contributed by atoms with Gasteiger partial charge in [0.25, 0.3) is 5.91 Å². The molecule has 2 N–H and O–H groups in total. The van der Waals surface area contributed by atoms with Crippen LogP contribution in [0.15, 0.2) is 18.2 Å². The van der Waals surface area contributed by atoms with E-state index in [1.807, 2.05) is 0 Å². The second-order valence-electron chi connectivity index (χ2n) is 3.90. The Morgan fingerprint density at radius 2 is 2.37 bits per heavy atom. The molecule has 1 saturated heterocycles. The van der Waals surface area contributed by atoms with Crippen LogP contribution in [0.3, 0.4) is 0 Å². The molecule has 7 heteroatoms. The molecule has 2 rings (SSSR count). The van der Waals surface area contributed by atoms with Gasteiger partial charge in [0.2, 0.25) is 0 Å². The van der Waals surface area contributed by atoms with Crippen molar-refractivity contribution in [3.63, 3.8) is 0 Å². The molecule has 1 amide bonds. The maximum absolute atomic E-state index is 13.4. The first-order valence-electron chi connectivity index (χ1n) is 5.67. The molecule has 1 aliphatic heterocycles. The summed E-state index contributed by atoms with van der Waals surface area (Å²) in [4.78, 5) is 11.8. The number of amides is 1. The summed E-state index contributed by atoms with van der Waals surface area (Å²) in [5.41, 5.74) is 0.382. The van der Waals surface area contributed by atoms with Gasteiger partial charge in [-0.1, -0.05) is 0 Å². The topological polar surface area (TPSA) is 59.6 Å². The molecule has 5 nitrogen and oxygen atoms in total. The number of ether oxygens (including phenoxy) is 2. The molecule has 1 fully saturated rings. The maximum Gasteiger partial charge on any atom is 0.254 e. The van der Waals surface area contributed by atoms with Crippen molar-refractivity contribution < 1.29 is 18.7 Å². The smallest absolute Gasteiger partial charge is 0.254 e. The van der Waals surface area contributed by atoms with E-state index in [9.17, 15) is 9.18 Å². The van der Waals surface area contributed by atoms with E-state index in [0.29, 0.717) is 18.8 Å². The minimum absolute atomic E-state index is 0. The zero-order valence-electron chi connectivity index (χ0n) is 10.4. The third kappa shape index (κ3) is 4.05. The standard InChI is InChI=1S/C12H15FN2O3.ClH/c1-17-10-3-2-8(6-9(10)13)15-12(16)11-7-14-4-5-18-11;/h2-3,6,11,14H,4-5,7H2,1H3,(H,15,16);1H. The lowest BCUT2D eigenvalue weighted by Gasteiger charge is -2.22. The molecule has 106 valence electrons. The van der Waals surface area contributed by atoms with E-state index in [0.717, 1.165) is 6.54 Å². The van der Waals surface area contributed by atoms with Crippen molar-refractivity contribution in [3.05, 3.63) is 24.0 Å². The third-order valence-corrected chi connectivity index (χ3v) is 2.64. The number of morpholine rings is 1. The van der Waals surface area contributed by atoms with Gasteiger partial charge < -0.3 is 20.1 Å². The Bertz CT molecular complexity index is 439. The fourth-order valence-electron chi connectivity index (χ4n) is 1.70. The minimum atomic E-state index is -0.538. The normalized spacial score (nSPS) is 18.3. The number of hydrogen-bond donors (Lipinski definition) is 2. The Hall–Kier alpha value is -1.37. The Balaban J connectivity index is 0.00000180. The summed E-state index contributed by atoms with van der Waals surface area (Å²) in [6, 6.07) is 4.26. The van der Waals surface area contributed by atoms with Gasteiger partial charge in [-0.25, -0.2) is 4.39 Å². The summed E-state index contributed by atoms with van der Waals surface area (Å²) in [6.07, 6.45) is -0.538. The number of carbonyl (C=O) groups is 1. The van der Waals surface area contributed by atoms with Gasteiger partial charge >= 0.3 is 0 Å². The van der Waals surface area contributed by atoms with Crippen LogP contribution in [0.4, 0.5) is 10.1 Å². The second-order valence-corrected chi connectivity index (χ2v) is 3.90. The predicted octanol–water partition coefficient (Wildman–Crippen LogP) is 1.18. The zero-order valence-corrected chi connectivity index (χ0v) is 11.3. The Morgan fingerprint density at radius 3 is 2.95 bits per heavy atom. The van der Waals surface area contributed by atoms with Crippen molar-refractivity contribution in [2.45, 2.75) is 6.10 Å². The van der Waals surface area contributed by atoms with Crippen LogP contribution in [0.1, 0.15) is 0 Å². The molecule has 1 heterocycles. The highest BCUT2D eigenvalue weighted by atomic mass is 35.5. The molecular weight excluding hydrogens is 275 g/mol. The van der Waals surface area contributed by atoms with E-state index in [2.05, 4.69) is 10.6 Å². The first kappa shape index (κ1) is 15.7. The molecule has 1 aromatic rings. The number of halogens is 2. The van der Waals surface area contributed by atoms with E-state index >= 15 is 0 Å². The quantitative estimate of drug-likeness (QED) is 0.878.